The van der Waals surface area contributed by atoms with E-state index < -0.39 is 12.0 Å². The summed E-state index contributed by atoms with van der Waals surface area (Å²) in [6.07, 6.45) is 13.0. The van der Waals surface area contributed by atoms with Crippen molar-refractivity contribution in [3.05, 3.63) is 0 Å². The van der Waals surface area contributed by atoms with Crippen LogP contribution in [-0.2, 0) is 9.59 Å². The quantitative estimate of drug-likeness (QED) is 0.142. The van der Waals surface area contributed by atoms with E-state index in [9.17, 15) is 14.7 Å². The lowest BCUT2D eigenvalue weighted by Gasteiger charge is -2.14. The molecule has 26 heavy (non-hydrogen) atoms. The molecule has 0 aliphatic carbocycles. The molecule has 0 rings (SSSR count). The molecule has 0 aromatic heterocycles. The molecule has 0 spiro atoms. The monoisotopic (exact) mass is 385 g/mol. The smallest absolute Gasteiger partial charge is 0.326 e. The first-order valence-electron chi connectivity index (χ1n) is 9.93. The van der Waals surface area contributed by atoms with E-state index in [0.717, 1.165) is 25.7 Å². The number of unbranched alkanes of at least 4 members (excludes halogenated alkanes) is 9. The summed E-state index contributed by atoms with van der Waals surface area (Å²) in [6.45, 7) is 2.83. The third-order valence-corrected chi connectivity index (χ3v) is 4.39. The first kappa shape index (κ1) is 24.5. The highest BCUT2D eigenvalue weighted by atomic mass is 32.1. The number of nitrogens with one attached hydrogen (secondary N) is 2. The average Bonchev–Trinajstić information content (AvgIpc) is 2.62. The number of hydrogen-bond donors (Lipinski definition) is 3. The molecule has 6 nitrogen and oxygen atoms in total. The van der Waals surface area contributed by atoms with Crippen LogP contribution >= 0.6 is 12.2 Å². The van der Waals surface area contributed by atoms with Crippen molar-refractivity contribution in [2.75, 3.05) is 6.54 Å². The maximum Gasteiger partial charge on any atom is 0.326 e. The fraction of sp³-hybridized carbons (Fsp3) is 0.842. The number of amides is 1. The normalized spacial score (nSPS) is 11.4. The summed E-state index contributed by atoms with van der Waals surface area (Å²) in [5.41, 5.74) is 2.71. The summed E-state index contributed by atoms with van der Waals surface area (Å²) in [6, 6.07) is -0.810. The third-order valence-electron chi connectivity index (χ3n) is 4.30. The molecular formula is C19H35N3O3S. The summed E-state index contributed by atoms with van der Waals surface area (Å²) in [5.74, 6) is -1.14. The molecule has 1 amide bonds. The summed E-state index contributed by atoms with van der Waals surface area (Å²) >= 11 is 4.43. The maximum atomic E-state index is 11.9. The van der Waals surface area contributed by atoms with E-state index in [2.05, 4.69) is 40.1 Å². The molecule has 0 aliphatic heterocycles. The second kappa shape index (κ2) is 18.3. The highest BCUT2D eigenvalue weighted by Crippen LogP contribution is 2.10. The molecule has 7 heteroatoms. The molecule has 1 unspecified atom stereocenters. The molecule has 0 radical (unpaired) electrons. The fourth-order valence-electron chi connectivity index (χ4n) is 2.76. The second-order valence-corrected chi connectivity index (χ2v) is 6.83. The van der Waals surface area contributed by atoms with Crippen molar-refractivity contribution in [1.82, 2.24) is 10.7 Å². The molecule has 0 saturated carbocycles. The molecule has 0 fully saturated rings. The number of carboxylic acids is 1. The number of carbonyl (C=O) groups excluding carboxylic acids is 1. The maximum absolute atomic E-state index is 11.9. The Labute approximate surface area is 163 Å². The topological polar surface area (TPSA) is 90.8 Å². The predicted molar refractivity (Wildman–Crippen MR) is 108 cm³/mol. The van der Waals surface area contributed by atoms with Gasteiger partial charge in [0.1, 0.15) is 6.04 Å². The number of thiocarbonyl (C=S) groups is 1. The van der Waals surface area contributed by atoms with E-state index >= 15 is 0 Å². The molecule has 0 bridgehead atoms. The standard InChI is InChI=1S/C19H35N3O3S/c1-2-3-4-5-6-7-8-9-10-14-18(23)22-17(19(24)25)13-11-12-15-20-21-16-26/h17,20H,2-15H2,1H3,(H,22,23)(H,24,25). The number of rotatable bonds is 18. The van der Waals surface area contributed by atoms with Crippen molar-refractivity contribution in [3.63, 3.8) is 0 Å². The van der Waals surface area contributed by atoms with Crippen LogP contribution in [0, 0.1) is 0 Å². The molecule has 0 aliphatic rings. The number of hydrogen-bond acceptors (Lipinski definition) is 5. The number of carbonyl (C=O) groups is 2. The molecule has 1 atom stereocenters. The van der Waals surface area contributed by atoms with Gasteiger partial charge in [-0.05, 0) is 37.9 Å². The zero-order chi connectivity index (χ0) is 19.5. The molecule has 150 valence electrons. The Bertz CT molecular complexity index is 426. The van der Waals surface area contributed by atoms with Crippen LogP contribution in [0.2, 0.25) is 0 Å². The lowest BCUT2D eigenvalue weighted by Crippen LogP contribution is -2.40. The van der Waals surface area contributed by atoms with Gasteiger partial charge in [-0.1, -0.05) is 58.3 Å². The van der Waals surface area contributed by atoms with E-state index in [4.69, 9.17) is 0 Å². The SMILES string of the molecule is CCCCCCCCCCCC(=O)NC(CCCCNN=C=S)C(=O)O. The molecular weight excluding hydrogens is 350 g/mol. The Kier molecular flexibility index (Phi) is 17.3. The van der Waals surface area contributed by atoms with Crippen LogP contribution in [-0.4, -0.2) is 34.7 Å². The number of hydrazone groups is 1. The van der Waals surface area contributed by atoms with Crippen LogP contribution in [0.15, 0.2) is 5.10 Å². The van der Waals surface area contributed by atoms with Crippen molar-refractivity contribution in [1.29, 1.82) is 0 Å². The van der Waals surface area contributed by atoms with Gasteiger partial charge in [0.05, 0.1) is 5.16 Å². The van der Waals surface area contributed by atoms with Gasteiger partial charge < -0.3 is 15.8 Å². The zero-order valence-electron chi connectivity index (χ0n) is 16.1. The minimum atomic E-state index is -0.977. The van der Waals surface area contributed by atoms with Gasteiger partial charge in [-0.3, -0.25) is 4.79 Å². The van der Waals surface area contributed by atoms with Gasteiger partial charge in [-0.15, -0.1) is 5.10 Å². The Morgan fingerprint density at radius 2 is 1.62 bits per heavy atom. The van der Waals surface area contributed by atoms with Gasteiger partial charge in [0.15, 0.2) is 0 Å². The minimum absolute atomic E-state index is 0.163. The first-order valence-corrected chi connectivity index (χ1v) is 10.3. The van der Waals surface area contributed by atoms with Gasteiger partial charge in [-0.25, -0.2) is 4.79 Å². The third kappa shape index (κ3) is 16.0. The number of nitrogens with zero attached hydrogens (tertiary/aromatic N) is 1. The molecule has 0 aromatic carbocycles. The summed E-state index contributed by atoms with van der Waals surface area (Å²) in [7, 11) is 0. The first-order chi connectivity index (χ1) is 12.6. The Morgan fingerprint density at radius 3 is 2.19 bits per heavy atom. The van der Waals surface area contributed by atoms with Crippen LogP contribution in [0.5, 0.6) is 0 Å². The lowest BCUT2D eigenvalue weighted by molar-refractivity contribution is -0.142. The van der Waals surface area contributed by atoms with E-state index in [0.29, 0.717) is 25.8 Å². The highest BCUT2D eigenvalue weighted by Gasteiger charge is 2.18. The second-order valence-electron chi connectivity index (χ2n) is 6.64. The molecule has 3 N–H and O–H groups in total. The van der Waals surface area contributed by atoms with Crippen molar-refractivity contribution >= 4 is 29.3 Å². The Morgan fingerprint density at radius 1 is 1.00 bits per heavy atom. The van der Waals surface area contributed by atoms with E-state index in [1.807, 2.05) is 0 Å². The summed E-state index contributed by atoms with van der Waals surface area (Å²) in [5, 5.41) is 17.6. The van der Waals surface area contributed by atoms with Crippen molar-refractivity contribution in [2.24, 2.45) is 5.10 Å². The van der Waals surface area contributed by atoms with Gasteiger partial charge >= 0.3 is 5.97 Å². The van der Waals surface area contributed by atoms with Crippen molar-refractivity contribution in [2.45, 2.75) is 96.4 Å². The van der Waals surface area contributed by atoms with E-state index in [1.165, 1.54) is 38.5 Å². The summed E-state index contributed by atoms with van der Waals surface area (Å²) in [4.78, 5) is 23.2. The van der Waals surface area contributed by atoms with Crippen LogP contribution in [0.25, 0.3) is 0 Å². The minimum Gasteiger partial charge on any atom is -0.480 e. The van der Waals surface area contributed by atoms with Gasteiger partial charge in [0, 0.05) is 13.0 Å². The number of isothiocyanates is 1. The highest BCUT2D eigenvalue weighted by molar-refractivity contribution is 7.78. The van der Waals surface area contributed by atoms with E-state index in [-0.39, 0.29) is 5.91 Å². The Balaban J connectivity index is 3.71. The van der Waals surface area contributed by atoms with Gasteiger partial charge in [0.2, 0.25) is 5.91 Å². The molecule has 0 saturated heterocycles. The largest absolute Gasteiger partial charge is 0.480 e. The molecule has 0 heterocycles. The van der Waals surface area contributed by atoms with Gasteiger partial charge in [0.25, 0.3) is 0 Å². The predicted octanol–water partition coefficient (Wildman–Crippen LogP) is 4.25. The van der Waals surface area contributed by atoms with Crippen LogP contribution in [0.4, 0.5) is 0 Å². The summed E-state index contributed by atoms with van der Waals surface area (Å²) < 4.78 is 0. The fourth-order valence-corrected chi connectivity index (χ4v) is 2.83. The molecule has 0 aromatic rings. The van der Waals surface area contributed by atoms with Crippen LogP contribution in [0.1, 0.15) is 90.4 Å². The van der Waals surface area contributed by atoms with Crippen LogP contribution in [0.3, 0.4) is 0 Å². The average molecular weight is 386 g/mol. The van der Waals surface area contributed by atoms with E-state index in [1.54, 1.807) is 0 Å². The van der Waals surface area contributed by atoms with Gasteiger partial charge in [-0.2, -0.15) is 0 Å². The number of carboxylic acid groups (broad SMARTS) is 1. The number of aliphatic carboxylic acids is 1. The lowest BCUT2D eigenvalue weighted by atomic mass is 10.1. The van der Waals surface area contributed by atoms with Crippen molar-refractivity contribution in [3.8, 4) is 0 Å². The zero-order valence-corrected chi connectivity index (χ0v) is 16.9. The van der Waals surface area contributed by atoms with Crippen LogP contribution < -0.4 is 10.7 Å². The van der Waals surface area contributed by atoms with Crippen molar-refractivity contribution < 1.29 is 14.7 Å². The Hall–Kier alpha value is -1.46.